The third-order valence-electron chi connectivity index (χ3n) is 3.30. The Morgan fingerprint density at radius 1 is 0.810 bits per heavy atom. The number of rotatable bonds is 5. The molecule has 0 saturated carbocycles. The van der Waals surface area contributed by atoms with E-state index >= 15 is 0 Å². The molecule has 21 heavy (non-hydrogen) atoms. The Morgan fingerprint density at radius 3 is 2.00 bits per heavy atom. The quantitative estimate of drug-likeness (QED) is 0.788. The van der Waals surface area contributed by atoms with Crippen LogP contribution in [-0.4, -0.2) is 27.1 Å². The van der Waals surface area contributed by atoms with Crippen LogP contribution in [0.5, 0.6) is 17.2 Å². The van der Waals surface area contributed by atoms with Gasteiger partial charge in [-0.25, -0.2) is 0 Å². The topological polar surface area (TPSA) is 44.8 Å². The Balaban J connectivity index is 2.59. The molecule has 0 spiro atoms. The van der Waals surface area contributed by atoms with Gasteiger partial charge in [-0.05, 0) is 42.8 Å². The minimum absolute atomic E-state index is 0.0133. The summed E-state index contributed by atoms with van der Waals surface area (Å²) >= 11 is 0. The van der Waals surface area contributed by atoms with Crippen LogP contribution in [0.4, 0.5) is 0 Å². The second-order valence-electron chi connectivity index (χ2n) is 4.54. The van der Waals surface area contributed by atoms with E-state index in [1.54, 1.807) is 40.4 Å². The van der Waals surface area contributed by atoms with Crippen molar-refractivity contribution in [2.75, 3.05) is 21.3 Å². The molecule has 2 rings (SSSR count). The zero-order chi connectivity index (χ0) is 15.4. The zero-order valence-electron chi connectivity index (χ0n) is 12.6. The molecular formula is C17H18O4. The van der Waals surface area contributed by atoms with E-state index in [2.05, 4.69) is 0 Å². The molecule has 110 valence electrons. The molecule has 0 amide bonds. The van der Waals surface area contributed by atoms with Gasteiger partial charge in [0, 0.05) is 11.1 Å². The minimum Gasteiger partial charge on any atom is -0.496 e. The molecular weight excluding hydrogens is 268 g/mol. The van der Waals surface area contributed by atoms with Crippen molar-refractivity contribution in [3.63, 3.8) is 0 Å². The van der Waals surface area contributed by atoms with E-state index in [1.807, 2.05) is 24.3 Å². The normalized spacial score (nSPS) is 10.1. The smallest absolute Gasteiger partial charge is 0.161 e. The largest absolute Gasteiger partial charge is 0.496 e. The maximum Gasteiger partial charge on any atom is 0.161 e. The summed E-state index contributed by atoms with van der Waals surface area (Å²) in [5, 5.41) is 0. The van der Waals surface area contributed by atoms with E-state index in [-0.39, 0.29) is 5.78 Å². The fraction of sp³-hybridized carbons (Fsp3) is 0.235. The van der Waals surface area contributed by atoms with Crippen LogP contribution in [-0.2, 0) is 0 Å². The second-order valence-corrected chi connectivity index (χ2v) is 4.54. The summed E-state index contributed by atoms with van der Waals surface area (Å²) in [5.74, 6) is 2.00. The van der Waals surface area contributed by atoms with Crippen molar-refractivity contribution in [1.82, 2.24) is 0 Å². The number of carbonyl (C=O) groups is 1. The van der Waals surface area contributed by atoms with E-state index in [0.29, 0.717) is 22.8 Å². The molecule has 0 radical (unpaired) electrons. The lowest BCUT2D eigenvalue weighted by Gasteiger charge is -2.13. The Bertz CT molecular complexity index is 662. The molecule has 0 heterocycles. The van der Waals surface area contributed by atoms with Gasteiger partial charge in [-0.2, -0.15) is 0 Å². The molecule has 0 N–H and O–H groups in total. The van der Waals surface area contributed by atoms with E-state index in [0.717, 1.165) is 11.1 Å². The van der Waals surface area contributed by atoms with Gasteiger partial charge >= 0.3 is 0 Å². The van der Waals surface area contributed by atoms with Crippen LogP contribution in [0.25, 0.3) is 11.1 Å². The lowest BCUT2D eigenvalue weighted by Crippen LogP contribution is -1.96. The van der Waals surface area contributed by atoms with Crippen LogP contribution in [0, 0.1) is 0 Å². The van der Waals surface area contributed by atoms with Crippen molar-refractivity contribution in [2.45, 2.75) is 6.92 Å². The van der Waals surface area contributed by atoms with Gasteiger partial charge in [-0.1, -0.05) is 6.07 Å². The fourth-order valence-corrected chi connectivity index (χ4v) is 2.16. The predicted molar refractivity (Wildman–Crippen MR) is 81.5 cm³/mol. The highest BCUT2D eigenvalue weighted by Crippen LogP contribution is 2.36. The maximum atomic E-state index is 11.6. The summed E-state index contributed by atoms with van der Waals surface area (Å²) in [6, 6.07) is 11.0. The molecule has 4 heteroatoms. The first-order chi connectivity index (χ1) is 10.1. The first-order valence-electron chi connectivity index (χ1n) is 6.52. The zero-order valence-corrected chi connectivity index (χ0v) is 12.6. The Hall–Kier alpha value is -2.49. The SMILES string of the molecule is COc1ccc(-c2cc(C(C)=O)ccc2OC)cc1OC. The third-order valence-corrected chi connectivity index (χ3v) is 3.30. The molecule has 0 aliphatic carbocycles. The third kappa shape index (κ3) is 2.99. The summed E-state index contributed by atoms with van der Waals surface area (Å²) in [4.78, 5) is 11.6. The van der Waals surface area contributed by atoms with Crippen molar-refractivity contribution in [1.29, 1.82) is 0 Å². The lowest BCUT2D eigenvalue weighted by atomic mass is 10.00. The number of ketones is 1. The van der Waals surface area contributed by atoms with E-state index in [4.69, 9.17) is 14.2 Å². The molecule has 0 aliphatic rings. The average molecular weight is 286 g/mol. The maximum absolute atomic E-state index is 11.6. The average Bonchev–Trinajstić information content (AvgIpc) is 2.53. The summed E-state index contributed by atoms with van der Waals surface area (Å²) in [6.45, 7) is 1.54. The first-order valence-corrected chi connectivity index (χ1v) is 6.52. The van der Waals surface area contributed by atoms with Crippen molar-refractivity contribution in [3.05, 3.63) is 42.0 Å². The molecule has 0 bridgehead atoms. The number of benzene rings is 2. The van der Waals surface area contributed by atoms with Gasteiger partial charge in [0.15, 0.2) is 17.3 Å². The van der Waals surface area contributed by atoms with Gasteiger partial charge in [0.05, 0.1) is 21.3 Å². The van der Waals surface area contributed by atoms with Crippen molar-refractivity contribution >= 4 is 5.78 Å². The summed E-state index contributed by atoms with van der Waals surface area (Å²) < 4.78 is 15.9. The van der Waals surface area contributed by atoms with Gasteiger partial charge in [0.2, 0.25) is 0 Å². The number of hydrogen-bond donors (Lipinski definition) is 0. The molecule has 2 aromatic rings. The monoisotopic (exact) mass is 286 g/mol. The van der Waals surface area contributed by atoms with Crippen LogP contribution in [0.1, 0.15) is 17.3 Å². The summed E-state index contributed by atoms with van der Waals surface area (Å²) in [6.07, 6.45) is 0. The molecule has 0 unspecified atom stereocenters. The highest BCUT2D eigenvalue weighted by Gasteiger charge is 2.12. The fourth-order valence-electron chi connectivity index (χ4n) is 2.16. The van der Waals surface area contributed by atoms with Crippen LogP contribution < -0.4 is 14.2 Å². The van der Waals surface area contributed by atoms with Crippen molar-refractivity contribution in [3.8, 4) is 28.4 Å². The van der Waals surface area contributed by atoms with Crippen LogP contribution >= 0.6 is 0 Å². The highest BCUT2D eigenvalue weighted by atomic mass is 16.5. The Kier molecular flexibility index (Phi) is 4.48. The van der Waals surface area contributed by atoms with Gasteiger partial charge in [-0.3, -0.25) is 4.79 Å². The highest BCUT2D eigenvalue weighted by molar-refractivity contribution is 5.96. The van der Waals surface area contributed by atoms with Crippen molar-refractivity contribution < 1.29 is 19.0 Å². The predicted octanol–water partition coefficient (Wildman–Crippen LogP) is 3.58. The Labute approximate surface area is 124 Å². The number of hydrogen-bond acceptors (Lipinski definition) is 4. The molecule has 0 aromatic heterocycles. The van der Waals surface area contributed by atoms with E-state index in [9.17, 15) is 4.79 Å². The summed E-state index contributed by atoms with van der Waals surface area (Å²) in [7, 11) is 4.78. The number of Topliss-reactive ketones (excluding diaryl/α,β-unsaturated/α-hetero) is 1. The van der Waals surface area contributed by atoms with Gasteiger partial charge in [-0.15, -0.1) is 0 Å². The second kappa shape index (κ2) is 6.31. The van der Waals surface area contributed by atoms with Crippen LogP contribution in [0.15, 0.2) is 36.4 Å². The Morgan fingerprint density at radius 2 is 1.43 bits per heavy atom. The molecule has 0 aliphatic heterocycles. The van der Waals surface area contributed by atoms with Crippen LogP contribution in [0.2, 0.25) is 0 Å². The van der Waals surface area contributed by atoms with Gasteiger partial charge in [0.1, 0.15) is 5.75 Å². The van der Waals surface area contributed by atoms with E-state index < -0.39 is 0 Å². The molecule has 0 atom stereocenters. The molecule has 0 fully saturated rings. The molecule has 0 saturated heterocycles. The van der Waals surface area contributed by atoms with Crippen LogP contribution in [0.3, 0.4) is 0 Å². The standard InChI is InChI=1S/C17H18O4/c1-11(18)12-5-7-15(19-2)14(9-12)13-6-8-16(20-3)17(10-13)21-4/h5-10H,1-4H3. The summed E-state index contributed by atoms with van der Waals surface area (Å²) in [5.41, 5.74) is 2.37. The molecule has 2 aromatic carbocycles. The number of ether oxygens (including phenoxy) is 3. The lowest BCUT2D eigenvalue weighted by molar-refractivity contribution is 0.101. The first kappa shape index (κ1) is 14.9. The minimum atomic E-state index is 0.0133. The van der Waals surface area contributed by atoms with E-state index in [1.165, 1.54) is 0 Å². The molecule has 4 nitrogen and oxygen atoms in total. The van der Waals surface area contributed by atoms with Crippen molar-refractivity contribution in [2.24, 2.45) is 0 Å². The number of methoxy groups -OCH3 is 3. The van der Waals surface area contributed by atoms with Gasteiger partial charge < -0.3 is 14.2 Å². The number of carbonyl (C=O) groups excluding carboxylic acids is 1. The van der Waals surface area contributed by atoms with Gasteiger partial charge in [0.25, 0.3) is 0 Å².